The average Bonchev–Trinajstić information content (AvgIpc) is 2.48. The van der Waals surface area contributed by atoms with Gasteiger partial charge in [0.25, 0.3) is 5.56 Å². The van der Waals surface area contributed by atoms with Gasteiger partial charge in [0.15, 0.2) is 0 Å². The van der Waals surface area contributed by atoms with Crippen LogP contribution in [0.4, 0.5) is 0 Å². The maximum atomic E-state index is 12.8. The lowest BCUT2D eigenvalue weighted by Gasteiger charge is -2.17. The number of pyridine rings is 1. The van der Waals surface area contributed by atoms with E-state index >= 15 is 0 Å². The number of fused-ring (bicyclic) bond motifs is 1. The molecule has 0 fully saturated rings. The molecule has 0 amide bonds. The summed E-state index contributed by atoms with van der Waals surface area (Å²) >= 11 is 0. The van der Waals surface area contributed by atoms with Gasteiger partial charge in [-0.25, -0.2) is 0 Å². The van der Waals surface area contributed by atoms with Crippen molar-refractivity contribution in [2.24, 2.45) is 5.73 Å². The minimum absolute atomic E-state index is 0.0263. The van der Waals surface area contributed by atoms with Crippen molar-refractivity contribution in [1.29, 1.82) is 0 Å². The van der Waals surface area contributed by atoms with Crippen molar-refractivity contribution < 1.29 is 0 Å². The number of hydrogen-bond donors (Lipinski definition) is 1. The normalized spacial score (nSPS) is 12.5. The minimum Gasteiger partial charge on any atom is -0.323 e. The summed E-state index contributed by atoms with van der Waals surface area (Å²) in [7, 11) is 0. The summed E-state index contributed by atoms with van der Waals surface area (Å²) in [4.78, 5) is 12.8. The first kappa shape index (κ1) is 12.6. The Balaban J connectivity index is 2.43. The molecule has 0 aliphatic heterocycles. The van der Waals surface area contributed by atoms with Gasteiger partial charge in [0.1, 0.15) is 0 Å². The summed E-state index contributed by atoms with van der Waals surface area (Å²) < 4.78 is 1.70. The van der Waals surface area contributed by atoms with Gasteiger partial charge in [-0.3, -0.25) is 9.36 Å². The highest BCUT2D eigenvalue weighted by molar-refractivity contribution is 5.82. The van der Waals surface area contributed by atoms with Crippen molar-refractivity contribution in [3.05, 3.63) is 76.7 Å². The highest BCUT2D eigenvalue weighted by Gasteiger charge is 2.13. The van der Waals surface area contributed by atoms with E-state index in [1.807, 2.05) is 67.6 Å². The number of nitrogens with zero attached hydrogens (tertiary/aromatic N) is 1. The quantitative estimate of drug-likeness (QED) is 0.773. The van der Waals surface area contributed by atoms with Crippen LogP contribution in [-0.4, -0.2) is 4.57 Å². The Labute approximate surface area is 117 Å². The van der Waals surface area contributed by atoms with Crippen LogP contribution < -0.4 is 11.3 Å². The predicted molar refractivity (Wildman–Crippen MR) is 82.1 cm³/mol. The second-order valence-corrected chi connectivity index (χ2v) is 4.92. The summed E-state index contributed by atoms with van der Waals surface area (Å²) in [5.74, 6) is 0. The third kappa shape index (κ3) is 2.02. The van der Waals surface area contributed by atoms with Gasteiger partial charge in [0, 0.05) is 22.8 Å². The number of para-hydroxylation sites is 1. The lowest BCUT2D eigenvalue weighted by atomic mass is 10.1. The molecule has 1 aromatic heterocycles. The van der Waals surface area contributed by atoms with E-state index in [2.05, 4.69) is 0 Å². The predicted octanol–water partition coefficient (Wildman–Crippen LogP) is 3.01. The molecule has 0 saturated carbocycles. The second kappa shape index (κ2) is 4.94. The summed E-state index contributed by atoms with van der Waals surface area (Å²) in [6, 6.07) is 19.0. The van der Waals surface area contributed by atoms with Crippen LogP contribution in [0.15, 0.2) is 65.5 Å². The topological polar surface area (TPSA) is 48.0 Å². The van der Waals surface area contributed by atoms with Crippen molar-refractivity contribution in [2.45, 2.75) is 13.0 Å². The Morgan fingerprint density at radius 2 is 1.65 bits per heavy atom. The fraction of sp³-hybridized carbons (Fsp3) is 0.118. The van der Waals surface area contributed by atoms with Gasteiger partial charge in [0.2, 0.25) is 0 Å². The molecule has 0 bridgehead atoms. The van der Waals surface area contributed by atoms with Crippen molar-refractivity contribution in [2.75, 3.05) is 0 Å². The maximum absolute atomic E-state index is 12.8. The number of benzene rings is 2. The minimum atomic E-state index is -0.215. The van der Waals surface area contributed by atoms with Gasteiger partial charge in [-0.05, 0) is 36.6 Å². The van der Waals surface area contributed by atoms with E-state index < -0.39 is 0 Å². The largest absolute Gasteiger partial charge is 0.323 e. The number of nitrogens with two attached hydrogens (primary N) is 1. The van der Waals surface area contributed by atoms with Crippen LogP contribution in [0, 0.1) is 0 Å². The van der Waals surface area contributed by atoms with Gasteiger partial charge in [-0.15, -0.1) is 0 Å². The molecule has 0 radical (unpaired) electrons. The average molecular weight is 264 g/mol. The third-order valence-electron chi connectivity index (χ3n) is 3.44. The molecule has 1 atom stereocenters. The van der Waals surface area contributed by atoms with Gasteiger partial charge in [-0.2, -0.15) is 0 Å². The molecule has 2 N–H and O–H groups in total. The fourth-order valence-corrected chi connectivity index (χ4v) is 2.46. The second-order valence-electron chi connectivity index (χ2n) is 4.92. The summed E-state index contributed by atoms with van der Waals surface area (Å²) in [5, 5.41) is 1.64. The SMILES string of the molecule is CC(N)c1cc2ccccc2c(=O)n1-c1ccccc1. The third-order valence-corrected chi connectivity index (χ3v) is 3.44. The number of rotatable bonds is 2. The van der Waals surface area contributed by atoms with Gasteiger partial charge in [-0.1, -0.05) is 36.4 Å². The van der Waals surface area contributed by atoms with Crippen molar-refractivity contribution in [1.82, 2.24) is 4.57 Å². The van der Waals surface area contributed by atoms with Crippen molar-refractivity contribution in [3.63, 3.8) is 0 Å². The molecular formula is C17H16N2O. The molecule has 100 valence electrons. The van der Waals surface area contributed by atoms with E-state index in [4.69, 9.17) is 5.73 Å². The fourth-order valence-electron chi connectivity index (χ4n) is 2.46. The first-order valence-electron chi connectivity index (χ1n) is 6.64. The Morgan fingerprint density at radius 1 is 1.00 bits per heavy atom. The Morgan fingerprint density at radius 3 is 2.35 bits per heavy atom. The van der Waals surface area contributed by atoms with Crippen LogP contribution in [0.3, 0.4) is 0 Å². The lowest BCUT2D eigenvalue weighted by molar-refractivity contribution is 0.734. The highest BCUT2D eigenvalue weighted by Crippen LogP contribution is 2.19. The number of hydrogen-bond acceptors (Lipinski definition) is 2. The Bertz CT molecular complexity index is 804. The van der Waals surface area contributed by atoms with E-state index in [1.54, 1.807) is 4.57 Å². The van der Waals surface area contributed by atoms with Crippen molar-refractivity contribution in [3.8, 4) is 5.69 Å². The molecular weight excluding hydrogens is 248 g/mol. The van der Waals surface area contributed by atoms with Gasteiger partial charge >= 0.3 is 0 Å². The molecule has 3 nitrogen and oxygen atoms in total. The van der Waals surface area contributed by atoms with Crippen LogP contribution in [0.5, 0.6) is 0 Å². The first-order chi connectivity index (χ1) is 9.68. The smallest absolute Gasteiger partial charge is 0.263 e. The molecule has 0 aliphatic carbocycles. The molecule has 20 heavy (non-hydrogen) atoms. The summed E-state index contributed by atoms with van der Waals surface area (Å²) in [6.07, 6.45) is 0. The van der Waals surface area contributed by atoms with Crippen LogP contribution in [0.25, 0.3) is 16.5 Å². The molecule has 0 aliphatic rings. The molecule has 0 spiro atoms. The highest BCUT2D eigenvalue weighted by atomic mass is 16.1. The van der Waals surface area contributed by atoms with E-state index in [1.165, 1.54) is 0 Å². The number of aromatic nitrogens is 1. The molecule has 2 aromatic carbocycles. The zero-order valence-corrected chi connectivity index (χ0v) is 11.3. The van der Waals surface area contributed by atoms with Crippen LogP contribution in [-0.2, 0) is 0 Å². The summed E-state index contributed by atoms with van der Waals surface area (Å²) in [6.45, 7) is 1.89. The lowest BCUT2D eigenvalue weighted by Crippen LogP contribution is -2.25. The van der Waals surface area contributed by atoms with E-state index in [0.717, 1.165) is 16.8 Å². The molecule has 3 heteroatoms. The van der Waals surface area contributed by atoms with Crippen molar-refractivity contribution >= 4 is 10.8 Å². The standard InChI is InChI=1S/C17H16N2O/c1-12(18)16-11-13-7-5-6-10-15(13)17(20)19(16)14-8-3-2-4-9-14/h2-12H,18H2,1H3. The van der Waals surface area contributed by atoms with Crippen LogP contribution in [0.1, 0.15) is 18.7 Å². The molecule has 0 saturated heterocycles. The zero-order chi connectivity index (χ0) is 14.1. The van der Waals surface area contributed by atoms with Crippen LogP contribution >= 0.6 is 0 Å². The van der Waals surface area contributed by atoms with Gasteiger partial charge in [0.05, 0.1) is 0 Å². The zero-order valence-electron chi connectivity index (χ0n) is 11.3. The molecule has 1 heterocycles. The van der Waals surface area contributed by atoms with E-state index in [0.29, 0.717) is 5.39 Å². The molecule has 1 unspecified atom stereocenters. The molecule has 3 rings (SSSR count). The molecule has 3 aromatic rings. The first-order valence-corrected chi connectivity index (χ1v) is 6.64. The van der Waals surface area contributed by atoms with Gasteiger partial charge < -0.3 is 5.73 Å². The Hall–Kier alpha value is -2.39. The monoisotopic (exact) mass is 264 g/mol. The van der Waals surface area contributed by atoms with E-state index in [-0.39, 0.29) is 11.6 Å². The maximum Gasteiger partial charge on any atom is 0.263 e. The Kier molecular flexibility index (Phi) is 3.12. The van der Waals surface area contributed by atoms with Crippen LogP contribution in [0.2, 0.25) is 0 Å². The summed E-state index contributed by atoms with van der Waals surface area (Å²) in [5.41, 5.74) is 7.69. The van der Waals surface area contributed by atoms with E-state index in [9.17, 15) is 4.79 Å².